The molecule has 1 unspecified atom stereocenters. The van der Waals surface area contributed by atoms with Gasteiger partial charge in [0.15, 0.2) is 17.4 Å². The fourth-order valence-corrected chi connectivity index (χ4v) is 4.46. The fourth-order valence-electron chi connectivity index (χ4n) is 4.46. The molecule has 4 aromatic rings. The first kappa shape index (κ1) is 25.0. The third kappa shape index (κ3) is 5.24. The average Bonchev–Trinajstić information content (AvgIpc) is 3.30. The Morgan fingerprint density at radius 2 is 1.84 bits per heavy atom. The summed E-state index contributed by atoms with van der Waals surface area (Å²) < 4.78 is 34.9. The van der Waals surface area contributed by atoms with E-state index in [4.69, 9.17) is 14.7 Å². The van der Waals surface area contributed by atoms with Crippen LogP contribution in [0.3, 0.4) is 0 Å². The fraction of sp³-hybridized carbons (Fsp3) is 0.407. The Bertz CT molecular complexity index is 1430. The van der Waals surface area contributed by atoms with Crippen molar-refractivity contribution < 1.29 is 18.6 Å². The molecule has 1 fully saturated rings. The summed E-state index contributed by atoms with van der Waals surface area (Å²) in [6, 6.07) is 5.23. The molecule has 0 bridgehead atoms. The molecule has 1 aliphatic rings. The van der Waals surface area contributed by atoms with Crippen molar-refractivity contribution in [3.05, 3.63) is 60.2 Å². The summed E-state index contributed by atoms with van der Waals surface area (Å²) in [5.41, 5.74) is 2.69. The van der Waals surface area contributed by atoms with Crippen molar-refractivity contribution in [2.75, 3.05) is 18.0 Å². The third-order valence-corrected chi connectivity index (χ3v) is 6.96. The SMILES string of the molecule is CC(c1cc2nc(N3CCC(Oc4ccc(F)cc4F)CC3)c(-c3cnn(C)c3)nc2cn1)C(C)(C)O. The monoisotopic (exact) mass is 508 g/mol. The second kappa shape index (κ2) is 9.66. The van der Waals surface area contributed by atoms with Gasteiger partial charge >= 0.3 is 0 Å². The maximum Gasteiger partial charge on any atom is 0.167 e. The number of ether oxygens (including phenoxy) is 1. The minimum atomic E-state index is -0.932. The summed E-state index contributed by atoms with van der Waals surface area (Å²) in [5.74, 6) is -0.749. The number of anilines is 1. The van der Waals surface area contributed by atoms with Crippen LogP contribution in [0.4, 0.5) is 14.6 Å². The van der Waals surface area contributed by atoms with E-state index in [0.29, 0.717) is 42.7 Å². The van der Waals surface area contributed by atoms with Crippen molar-refractivity contribution >= 4 is 16.9 Å². The normalized spacial score (nSPS) is 15.8. The number of hydrogen-bond acceptors (Lipinski definition) is 7. The van der Waals surface area contributed by atoms with Gasteiger partial charge in [-0.15, -0.1) is 0 Å². The lowest BCUT2D eigenvalue weighted by Crippen LogP contribution is -2.39. The van der Waals surface area contributed by atoms with Gasteiger partial charge in [-0.05, 0) is 32.0 Å². The topological polar surface area (TPSA) is 89.2 Å². The van der Waals surface area contributed by atoms with Crippen LogP contribution in [0.15, 0.2) is 42.9 Å². The van der Waals surface area contributed by atoms with Crippen LogP contribution in [0.5, 0.6) is 5.75 Å². The molecule has 4 heterocycles. The number of hydrogen-bond donors (Lipinski definition) is 1. The first-order valence-corrected chi connectivity index (χ1v) is 12.3. The smallest absolute Gasteiger partial charge is 0.167 e. The van der Waals surface area contributed by atoms with Gasteiger partial charge < -0.3 is 14.7 Å². The zero-order valence-electron chi connectivity index (χ0n) is 21.3. The second-order valence-electron chi connectivity index (χ2n) is 10.2. The van der Waals surface area contributed by atoms with Gasteiger partial charge in [0.1, 0.15) is 23.1 Å². The molecule has 1 aliphatic heterocycles. The third-order valence-electron chi connectivity index (χ3n) is 6.96. The number of piperidine rings is 1. The van der Waals surface area contributed by atoms with Gasteiger partial charge in [0.05, 0.1) is 23.5 Å². The summed E-state index contributed by atoms with van der Waals surface area (Å²) in [4.78, 5) is 16.6. The highest BCUT2D eigenvalue weighted by atomic mass is 19.1. The van der Waals surface area contributed by atoms with E-state index in [1.807, 2.05) is 26.2 Å². The lowest BCUT2D eigenvalue weighted by molar-refractivity contribution is 0.0546. The number of nitrogens with zero attached hydrogens (tertiary/aromatic N) is 6. The maximum atomic E-state index is 14.1. The molecule has 8 nitrogen and oxygen atoms in total. The molecule has 37 heavy (non-hydrogen) atoms. The molecule has 3 aromatic heterocycles. The van der Waals surface area contributed by atoms with E-state index in [1.54, 1.807) is 30.9 Å². The van der Waals surface area contributed by atoms with E-state index in [2.05, 4.69) is 15.0 Å². The Labute approximate surface area is 214 Å². The van der Waals surface area contributed by atoms with Crippen LogP contribution in [-0.2, 0) is 7.05 Å². The predicted molar refractivity (Wildman–Crippen MR) is 136 cm³/mol. The molecular weight excluding hydrogens is 478 g/mol. The number of pyridine rings is 1. The number of benzene rings is 1. The maximum absolute atomic E-state index is 14.1. The Morgan fingerprint density at radius 1 is 1.08 bits per heavy atom. The highest BCUT2D eigenvalue weighted by Crippen LogP contribution is 2.33. The van der Waals surface area contributed by atoms with Crippen molar-refractivity contribution in [2.45, 2.75) is 51.2 Å². The lowest BCUT2D eigenvalue weighted by Gasteiger charge is -2.33. The Morgan fingerprint density at radius 3 is 2.49 bits per heavy atom. The molecule has 1 N–H and O–H groups in total. The van der Waals surface area contributed by atoms with E-state index in [1.165, 1.54) is 12.1 Å². The van der Waals surface area contributed by atoms with Crippen LogP contribution < -0.4 is 9.64 Å². The van der Waals surface area contributed by atoms with Crippen molar-refractivity contribution in [1.82, 2.24) is 24.7 Å². The zero-order chi connectivity index (χ0) is 26.3. The van der Waals surface area contributed by atoms with Crippen molar-refractivity contribution in [2.24, 2.45) is 7.05 Å². The van der Waals surface area contributed by atoms with Crippen molar-refractivity contribution in [3.8, 4) is 17.0 Å². The molecule has 1 saturated heterocycles. The number of aliphatic hydroxyl groups is 1. The van der Waals surface area contributed by atoms with Gasteiger partial charge in [0.25, 0.3) is 0 Å². The lowest BCUT2D eigenvalue weighted by atomic mass is 9.89. The number of fused-ring (bicyclic) bond motifs is 1. The highest BCUT2D eigenvalue weighted by molar-refractivity contribution is 5.83. The van der Waals surface area contributed by atoms with Crippen molar-refractivity contribution in [3.63, 3.8) is 0 Å². The van der Waals surface area contributed by atoms with Gasteiger partial charge in [-0.3, -0.25) is 9.67 Å². The zero-order valence-corrected chi connectivity index (χ0v) is 21.3. The quantitative estimate of drug-likeness (QED) is 0.406. The van der Waals surface area contributed by atoms with Crippen LogP contribution in [0.1, 0.15) is 45.2 Å². The van der Waals surface area contributed by atoms with Crippen LogP contribution in [0.25, 0.3) is 22.3 Å². The first-order valence-electron chi connectivity index (χ1n) is 12.3. The summed E-state index contributed by atoms with van der Waals surface area (Å²) in [6.07, 6.45) is 6.42. The van der Waals surface area contributed by atoms with E-state index < -0.39 is 17.2 Å². The summed E-state index contributed by atoms with van der Waals surface area (Å²) >= 11 is 0. The molecule has 0 spiro atoms. The van der Waals surface area contributed by atoms with Gasteiger partial charge in [-0.1, -0.05) is 6.92 Å². The summed E-state index contributed by atoms with van der Waals surface area (Å²) in [6.45, 7) is 6.70. The molecule has 0 aliphatic carbocycles. The highest BCUT2D eigenvalue weighted by Gasteiger charge is 2.28. The van der Waals surface area contributed by atoms with Gasteiger partial charge in [-0.25, -0.2) is 18.7 Å². The predicted octanol–water partition coefficient (Wildman–Crippen LogP) is 4.63. The van der Waals surface area contributed by atoms with Gasteiger partial charge in [0.2, 0.25) is 0 Å². The van der Waals surface area contributed by atoms with Gasteiger partial charge in [-0.2, -0.15) is 5.10 Å². The number of halogens is 2. The molecule has 5 rings (SSSR count). The van der Waals surface area contributed by atoms with E-state index in [-0.39, 0.29) is 17.8 Å². The summed E-state index contributed by atoms with van der Waals surface area (Å²) in [5, 5.41) is 14.8. The first-order chi connectivity index (χ1) is 17.6. The number of rotatable bonds is 6. The Kier molecular flexibility index (Phi) is 6.53. The Balaban J connectivity index is 1.45. The van der Waals surface area contributed by atoms with Gasteiger partial charge in [0, 0.05) is 62.4 Å². The van der Waals surface area contributed by atoms with Crippen molar-refractivity contribution in [1.29, 1.82) is 0 Å². The minimum absolute atomic E-state index is 0.0577. The molecule has 10 heteroatoms. The standard InChI is InChI=1S/C27H30F2N6O2/c1-16(27(2,3)36)21-12-22-23(14-30-21)32-25(17-13-31-34(4)15-17)26(33-22)35-9-7-19(8-10-35)37-24-6-5-18(28)11-20(24)29/h5-6,11-16,19,36H,7-10H2,1-4H3. The largest absolute Gasteiger partial charge is 0.487 e. The molecule has 0 saturated carbocycles. The van der Waals surface area contributed by atoms with E-state index in [9.17, 15) is 13.9 Å². The van der Waals surface area contributed by atoms with Crippen LogP contribution in [0.2, 0.25) is 0 Å². The molecule has 194 valence electrons. The molecule has 0 radical (unpaired) electrons. The minimum Gasteiger partial charge on any atom is -0.487 e. The number of aryl methyl sites for hydroxylation is 1. The van der Waals surface area contributed by atoms with E-state index in [0.717, 1.165) is 23.1 Å². The van der Waals surface area contributed by atoms with Crippen LogP contribution in [0, 0.1) is 11.6 Å². The van der Waals surface area contributed by atoms with Crippen LogP contribution >= 0.6 is 0 Å². The van der Waals surface area contributed by atoms with E-state index >= 15 is 0 Å². The summed E-state index contributed by atoms with van der Waals surface area (Å²) in [7, 11) is 1.85. The second-order valence-corrected chi connectivity index (χ2v) is 10.2. The van der Waals surface area contributed by atoms with Crippen LogP contribution in [-0.4, -0.2) is 54.6 Å². The number of aromatic nitrogens is 5. The molecular formula is C27H30F2N6O2. The molecule has 0 amide bonds. The Hall–Kier alpha value is -3.66. The molecule has 1 atom stereocenters. The average molecular weight is 509 g/mol. The molecule has 1 aromatic carbocycles.